The molecule has 0 bridgehead atoms. The summed E-state index contributed by atoms with van der Waals surface area (Å²) in [4.78, 5) is 46.9. The normalized spacial score (nSPS) is 13.4. The fraction of sp³-hybridized carbons (Fsp3) is 0.0476. The molecule has 8 rings (SSSR count). The Balaban J connectivity index is 0.840. The summed E-state index contributed by atoms with van der Waals surface area (Å²) in [6, 6.07) is 30.1. The lowest BCUT2D eigenvalue weighted by atomic mass is 10.1. The maximum absolute atomic E-state index is 15.1. The molecule has 0 fully saturated rings. The molecule has 0 amide bonds. The van der Waals surface area contributed by atoms with E-state index in [-0.39, 0.29) is 65.3 Å². The van der Waals surface area contributed by atoms with E-state index < -0.39 is 47.2 Å². The molecule has 0 spiro atoms. The van der Waals surface area contributed by atoms with Crippen molar-refractivity contribution in [2.75, 3.05) is 0 Å². The Labute approximate surface area is 321 Å². The summed E-state index contributed by atoms with van der Waals surface area (Å²) >= 11 is 0. The molecule has 284 valence electrons. The smallest absolute Gasteiger partial charge is 0.426 e. The number of rotatable bonds is 12. The Hall–Kier alpha value is -7.05. The molecule has 6 aromatic carbocycles. The Morgan fingerprint density at radius 1 is 0.386 bits per heavy atom. The third kappa shape index (κ3) is 7.89. The van der Waals surface area contributed by atoms with Crippen molar-refractivity contribution in [1.29, 1.82) is 0 Å². The third-order valence-corrected chi connectivity index (χ3v) is 9.82. The van der Waals surface area contributed by atoms with Crippen LogP contribution in [0, 0.1) is 0 Å². The van der Waals surface area contributed by atoms with Gasteiger partial charge in [0.1, 0.15) is 34.5 Å². The van der Waals surface area contributed by atoms with Crippen molar-refractivity contribution < 1.29 is 65.2 Å². The van der Waals surface area contributed by atoms with Gasteiger partial charge in [-0.2, -0.15) is 17.6 Å². The van der Waals surface area contributed by atoms with E-state index >= 15 is 17.6 Å². The largest absolute Gasteiger partial charge is 0.457 e. The quantitative estimate of drug-likeness (QED) is 0.0514. The van der Waals surface area contributed by atoms with Crippen LogP contribution in [0.4, 0.5) is 17.6 Å². The van der Waals surface area contributed by atoms with Crippen molar-refractivity contribution in [2.45, 2.75) is 12.2 Å². The lowest BCUT2D eigenvalue weighted by Gasteiger charge is -2.19. The molecule has 2 aliphatic heterocycles. The number of fused-ring (bicyclic) bond motifs is 2. The average Bonchev–Trinajstić information content (AvgIpc) is 3.64. The van der Waals surface area contributed by atoms with Crippen molar-refractivity contribution in [1.82, 2.24) is 0 Å². The van der Waals surface area contributed by atoms with Crippen LogP contribution in [0.2, 0.25) is 0 Å². The predicted molar refractivity (Wildman–Crippen MR) is 195 cm³/mol. The van der Waals surface area contributed by atoms with Crippen LogP contribution in [0.1, 0.15) is 52.6 Å². The van der Waals surface area contributed by atoms with Gasteiger partial charge in [-0.3, -0.25) is 0 Å². The number of hydrogen-bond donors (Lipinski definition) is 0. The highest BCUT2D eigenvalue weighted by Gasteiger charge is 2.36. The van der Waals surface area contributed by atoms with Crippen LogP contribution < -0.4 is 29.6 Å². The maximum atomic E-state index is 15.1. The van der Waals surface area contributed by atoms with Crippen molar-refractivity contribution in [3.8, 4) is 34.5 Å². The van der Waals surface area contributed by atoms with Gasteiger partial charge in [0, 0.05) is 0 Å². The lowest BCUT2D eigenvalue weighted by molar-refractivity contribution is -0.186. The van der Waals surface area contributed by atoms with E-state index in [1.54, 1.807) is 0 Å². The van der Waals surface area contributed by atoms with Crippen molar-refractivity contribution in [3.63, 3.8) is 0 Å². The molecule has 0 atom stereocenters. The number of cyclic esters (lactones) is 4. The first-order chi connectivity index (χ1) is 27.3. The van der Waals surface area contributed by atoms with Crippen LogP contribution in [-0.2, 0) is 21.7 Å². The Morgan fingerprint density at radius 2 is 0.702 bits per heavy atom. The Kier molecular flexibility index (Phi) is 9.42. The zero-order valence-corrected chi connectivity index (χ0v) is 29.8. The summed E-state index contributed by atoms with van der Waals surface area (Å²) < 4.78 is 90.8. The number of benzene rings is 6. The summed E-state index contributed by atoms with van der Waals surface area (Å²) in [5.41, 5.74) is -0.443. The minimum atomic E-state index is -3.69. The molecule has 2 heterocycles. The molecule has 2 aliphatic rings. The topological polar surface area (TPSA) is 124 Å². The highest BCUT2D eigenvalue weighted by molar-refractivity contribution is 7.55. The van der Waals surface area contributed by atoms with Gasteiger partial charge in [0.05, 0.1) is 33.4 Å². The van der Waals surface area contributed by atoms with Gasteiger partial charge in [-0.05, 0) is 120 Å². The van der Waals surface area contributed by atoms with Crippen LogP contribution in [0.3, 0.4) is 0 Å². The number of hydrogen-bond acceptors (Lipinski definition) is 10. The second kappa shape index (κ2) is 14.5. The number of esters is 4. The van der Waals surface area contributed by atoms with E-state index in [1.807, 2.05) is 0 Å². The molecule has 10 nitrogen and oxygen atoms in total. The summed E-state index contributed by atoms with van der Waals surface area (Å²) in [6.07, 6.45) is -7.39. The SMILES string of the molecule is O=C1OC(=O)c2cc(Oc3ccc(OC(F)(F)c4ccc(Pc5ccc(C(F)(F)Oc6ccc(Oc7ccc8c(c7)C(=O)OC8=O)cc6)cc5)cc4)cc3)ccc21. The Morgan fingerprint density at radius 3 is 1.07 bits per heavy atom. The number of alkyl halides is 4. The van der Waals surface area contributed by atoms with Gasteiger partial charge in [0.15, 0.2) is 0 Å². The third-order valence-electron chi connectivity index (χ3n) is 8.57. The van der Waals surface area contributed by atoms with Crippen molar-refractivity contribution >= 4 is 43.1 Å². The summed E-state index contributed by atoms with van der Waals surface area (Å²) in [5.74, 6) is -2.35. The minimum Gasteiger partial charge on any atom is -0.457 e. The first kappa shape index (κ1) is 36.9. The van der Waals surface area contributed by atoms with Gasteiger partial charge >= 0.3 is 36.1 Å². The average molecular weight is 795 g/mol. The highest BCUT2D eigenvalue weighted by Crippen LogP contribution is 2.36. The number of carbonyl (C=O) groups is 4. The van der Waals surface area contributed by atoms with E-state index in [0.29, 0.717) is 10.6 Å². The molecule has 57 heavy (non-hydrogen) atoms. The fourth-order valence-electron chi connectivity index (χ4n) is 5.76. The van der Waals surface area contributed by atoms with E-state index in [0.717, 1.165) is 0 Å². The van der Waals surface area contributed by atoms with Gasteiger partial charge in [-0.15, -0.1) is 0 Å². The highest BCUT2D eigenvalue weighted by atomic mass is 31.1. The number of halogens is 4. The van der Waals surface area contributed by atoms with Crippen LogP contribution in [0.5, 0.6) is 34.5 Å². The van der Waals surface area contributed by atoms with Crippen LogP contribution in [0.15, 0.2) is 133 Å². The maximum Gasteiger partial charge on any atom is 0.426 e. The molecule has 6 aromatic rings. The van der Waals surface area contributed by atoms with Crippen molar-refractivity contribution in [2.24, 2.45) is 0 Å². The van der Waals surface area contributed by atoms with Gasteiger partial charge in [-0.1, -0.05) is 32.8 Å². The van der Waals surface area contributed by atoms with Crippen LogP contribution in [0.25, 0.3) is 0 Å². The first-order valence-corrected chi connectivity index (χ1v) is 17.8. The lowest BCUT2D eigenvalue weighted by Crippen LogP contribution is -2.22. The zero-order valence-electron chi connectivity index (χ0n) is 28.8. The summed E-state index contributed by atoms with van der Waals surface area (Å²) in [6.45, 7) is 0. The fourth-order valence-corrected chi connectivity index (χ4v) is 6.76. The van der Waals surface area contributed by atoms with E-state index in [2.05, 4.69) is 9.47 Å². The zero-order chi connectivity index (χ0) is 39.9. The summed E-state index contributed by atoms with van der Waals surface area (Å²) in [7, 11) is -0.0300. The predicted octanol–water partition coefficient (Wildman–Crippen LogP) is 8.78. The molecule has 15 heteroatoms. The van der Waals surface area contributed by atoms with Gasteiger partial charge in [0.2, 0.25) is 0 Å². The molecular formula is C42H23F4O10P. The molecule has 0 aliphatic carbocycles. The molecule has 0 saturated carbocycles. The molecule has 0 aromatic heterocycles. The molecule has 0 radical (unpaired) electrons. The van der Waals surface area contributed by atoms with Gasteiger partial charge < -0.3 is 28.4 Å². The van der Waals surface area contributed by atoms with Crippen LogP contribution in [-0.4, -0.2) is 23.9 Å². The van der Waals surface area contributed by atoms with Gasteiger partial charge in [0.25, 0.3) is 0 Å². The standard InChI is InChI=1S/C42H23F4O10P/c43-41(44,55-27-9-5-25(6-10-27)51-29-13-19-33-35(21-29)39(49)53-37(33)47)23-1-15-31(16-2-23)57-32-17-3-24(4-18-32)42(45,46)56-28-11-7-26(8-12-28)52-30-14-20-34-36(22-30)40(50)54-38(34)48/h1-22,57H. The van der Waals surface area contributed by atoms with E-state index in [1.165, 1.54) is 133 Å². The Bertz CT molecular complexity index is 2380. The minimum absolute atomic E-state index is 0.0300. The molecule has 0 unspecified atom stereocenters. The second-order valence-electron chi connectivity index (χ2n) is 12.4. The van der Waals surface area contributed by atoms with Crippen molar-refractivity contribution in [3.05, 3.63) is 167 Å². The monoisotopic (exact) mass is 794 g/mol. The first-order valence-electron chi connectivity index (χ1n) is 16.8. The van der Waals surface area contributed by atoms with E-state index in [4.69, 9.17) is 18.9 Å². The molecular weight excluding hydrogens is 771 g/mol. The molecule has 0 saturated heterocycles. The second-order valence-corrected chi connectivity index (χ2v) is 13.8. The number of carbonyl (C=O) groups excluding carboxylic acids is 4. The molecule has 0 N–H and O–H groups in total. The number of ether oxygens (including phenoxy) is 6. The van der Waals surface area contributed by atoms with Crippen LogP contribution >= 0.6 is 8.58 Å². The van der Waals surface area contributed by atoms with Gasteiger partial charge in [-0.25, -0.2) is 19.2 Å². The summed E-state index contributed by atoms with van der Waals surface area (Å²) in [5, 5.41) is 1.35. The van der Waals surface area contributed by atoms with E-state index in [9.17, 15) is 19.2 Å².